The van der Waals surface area contributed by atoms with E-state index in [2.05, 4.69) is 0 Å². The van der Waals surface area contributed by atoms with Crippen LogP contribution in [0.15, 0.2) is 23.1 Å². The number of carboxylic acids is 1. The Balaban J connectivity index is 2.35. The molecule has 0 bridgehead atoms. The molecule has 0 aliphatic heterocycles. The second kappa shape index (κ2) is 5.95. The van der Waals surface area contributed by atoms with Crippen molar-refractivity contribution in [1.82, 2.24) is 0 Å². The number of sulfone groups is 1. The number of carbonyl (C=O) groups is 1. The van der Waals surface area contributed by atoms with Crippen LogP contribution in [0.25, 0.3) is 0 Å². The lowest BCUT2D eigenvalue weighted by Crippen LogP contribution is -2.30. The van der Waals surface area contributed by atoms with Gasteiger partial charge in [-0.25, -0.2) is 8.42 Å². The van der Waals surface area contributed by atoms with Crippen molar-refractivity contribution in [3.8, 4) is 0 Å². The molecule has 1 aromatic rings. The zero-order valence-electron chi connectivity index (χ0n) is 11.6. The minimum absolute atomic E-state index is 0.154. The molecular formula is C15H20O4S. The molecule has 0 aromatic heterocycles. The van der Waals surface area contributed by atoms with Crippen LogP contribution in [-0.2, 0) is 27.5 Å². The third-order valence-corrected chi connectivity index (χ3v) is 5.97. The number of aryl methyl sites for hydroxylation is 2. The summed E-state index contributed by atoms with van der Waals surface area (Å²) in [5.74, 6) is -1.25. The lowest BCUT2D eigenvalue weighted by atomic mass is 10.1. The number of aliphatic carboxylic acids is 1. The fourth-order valence-corrected chi connectivity index (χ4v) is 4.33. The van der Waals surface area contributed by atoms with Crippen LogP contribution in [0.1, 0.15) is 43.7 Å². The molecule has 4 nitrogen and oxygen atoms in total. The summed E-state index contributed by atoms with van der Waals surface area (Å²) >= 11 is 0. The lowest BCUT2D eigenvalue weighted by molar-refractivity contribution is -0.136. The third kappa shape index (κ3) is 2.87. The summed E-state index contributed by atoms with van der Waals surface area (Å²) in [6.45, 7) is 1.92. The van der Waals surface area contributed by atoms with Gasteiger partial charge in [-0.2, -0.15) is 0 Å². The Morgan fingerprint density at radius 1 is 1.30 bits per heavy atom. The molecule has 1 atom stereocenters. The topological polar surface area (TPSA) is 71.4 Å². The minimum Gasteiger partial charge on any atom is -0.480 e. The predicted octanol–water partition coefficient (Wildman–Crippen LogP) is 2.59. The van der Waals surface area contributed by atoms with Gasteiger partial charge in [-0.1, -0.05) is 25.8 Å². The van der Waals surface area contributed by atoms with E-state index in [0.29, 0.717) is 6.42 Å². The van der Waals surface area contributed by atoms with Crippen molar-refractivity contribution in [1.29, 1.82) is 0 Å². The van der Waals surface area contributed by atoms with Crippen LogP contribution >= 0.6 is 0 Å². The zero-order chi connectivity index (χ0) is 14.8. The molecule has 1 N–H and O–H groups in total. The maximum absolute atomic E-state index is 12.5. The van der Waals surface area contributed by atoms with Gasteiger partial charge in [-0.15, -0.1) is 0 Å². The Kier molecular flexibility index (Phi) is 4.48. The second-order valence-corrected chi connectivity index (χ2v) is 7.43. The molecule has 1 aliphatic carbocycles. The molecule has 0 fully saturated rings. The summed E-state index contributed by atoms with van der Waals surface area (Å²) in [5.41, 5.74) is 2.23. The number of rotatable bonds is 6. The van der Waals surface area contributed by atoms with E-state index in [-0.39, 0.29) is 11.3 Å². The van der Waals surface area contributed by atoms with Gasteiger partial charge in [0.05, 0.1) is 4.90 Å². The van der Waals surface area contributed by atoms with Gasteiger partial charge in [-0.05, 0) is 48.9 Å². The molecule has 0 radical (unpaired) electrons. The SMILES string of the molecule is CCCCC(C(=O)O)S(=O)(=O)c1ccc2c(c1)CCC2. The average molecular weight is 296 g/mol. The molecule has 1 aromatic carbocycles. The van der Waals surface area contributed by atoms with Gasteiger partial charge in [0.25, 0.3) is 0 Å². The van der Waals surface area contributed by atoms with Gasteiger partial charge in [0.2, 0.25) is 0 Å². The first-order chi connectivity index (χ1) is 9.46. The van der Waals surface area contributed by atoms with Crippen LogP contribution in [0.4, 0.5) is 0 Å². The normalized spacial score (nSPS) is 15.8. The second-order valence-electron chi connectivity index (χ2n) is 5.30. The maximum atomic E-state index is 12.5. The Morgan fingerprint density at radius 2 is 2.00 bits per heavy atom. The standard InChI is InChI=1S/C15H20O4S/c1-2-3-7-14(15(16)17)20(18,19)13-9-8-11-5-4-6-12(11)10-13/h8-10,14H,2-7H2,1H3,(H,16,17). The van der Waals surface area contributed by atoms with Crippen LogP contribution in [0.2, 0.25) is 0 Å². The van der Waals surface area contributed by atoms with Crippen molar-refractivity contribution in [3.05, 3.63) is 29.3 Å². The summed E-state index contributed by atoms with van der Waals surface area (Å²) in [5, 5.41) is 7.88. The summed E-state index contributed by atoms with van der Waals surface area (Å²) in [6.07, 6.45) is 4.45. The highest BCUT2D eigenvalue weighted by Gasteiger charge is 2.33. The number of benzene rings is 1. The fraction of sp³-hybridized carbons (Fsp3) is 0.533. The summed E-state index contributed by atoms with van der Waals surface area (Å²) in [6, 6.07) is 5.05. The van der Waals surface area contributed by atoms with Crippen molar-refractivity contribution in [3.63, 3.8) is 0 Å². The molecular weight excluding hydrogens is 276 g/mol. The highest BCUT2D eigenvalue weighted by molar-refractivity contribution is 7.92. The zero-order valence-corrected chi connectivity index (χ0v) is 12.4. The van der Waals surface area contributed by atoms with Gasteiger partial charge in [-0.3, -0.25) is 4.79 Å². The van der Waals surface area contributed by atoms with E-state index in [1.165, 1.54) is 5.56 Å². The maximum Gasteiger partial charge on any atom is 0.322 e. The quantitative estimate of drug-likeness (QED) is 0.876. The van der Waals surface area contributed by atoms with Crippen LogP contribution in [0, 0.1) is 0 Å². The van der Waals surface area contributed by atoms with E-state index in [4.69, 9.17) is 0 Å². The van der Waals surface area contributed by atoms with E-state index in [1.54, 1.807) is 12.1 Å². The van der Waals surface area contributed by atoms with Crippen LogP contribution < -0.4 is 0 Å². The predicted molar refractivity (Wildman–Crippen MR) is 76.6 cm³/mol. The van der Waals surface area contributed by atoms with Crippen molar-refractivity contribution in [2.24, 2.45) is 0 Å². The molecule has 0 spiro atoms. The minimum atomic E-state index is -3.79. The van der Waals surface area contributed by atoms with Crippen molar-refractivity contribution in [2.45, 2.75) is 55.6 Å². The molecule has 1 aliphatic rings. The largest absolute Gasteiger partial charge is 0.480 e. The highest BCUT2D eigenvalue weighted by atomic mass is 32.2. The highest BCUT2D eigenvalue weighted by Crippen LogP contribution is 2.27. The number of hydrogen-bond donors (Lipinski definition) is 1. The van der Waals surface area contributed by atoms with Crippen molar-refractivity contribution in [2.75, 3.05) is 0 Å². The first-order valence-electron chi connectivity index (χ1n) is 7.05. The Morgan fingerprint density at radius 3 is 2.65 bits per heavy atom. The van der Waals surface area contributed by atoms with Gasteiger partial charge in [0.15, 0.2) is 15.1 Å². The van der Waals surface area contributed by atoms with Crippen molar-refractivity contribution < 1.29 is 18.3 Å². The molecule has 0 saturated carbocycles. The smallest absolute Gasteiger partial charge is 0.322 e. The number of hydrogen-bond acceptors (Lipinski definition) is 3. The van der Waals surface area contributed by atoms with Gasteiger partial charge in [0, 0.05) is 0 Å². The van der Waals surface area contributed by atoms with E-state index in [1.807, 2.05) is 13.0 Å². The lowest BCUT2D eigenvalue weighted by Gasteiger charge is -2.14. The molecule has 5 heteroatoms. The molecule has 0 amide bonds. The molecule has 0 saturated heterocycles. The molecule has 1 unspecified atom stereocenters. The first-order valence-corrected chi connectivity index (χ1v) is 8.60. The summed E-state index contributed by atoms with van der Waals surface area (Å²) in [7, 11) is -3.79. The van der Waals surface area contributed by atoms with Crippen LogP contribution in [0.3, 0.4) is 0 Å². The van der Waals surface area contributed by atoms with Gasteiger partial charge in [0.1, 0.15) is 0 Å². The summed E-state index contributed by atoms with van der Waals surface area (Å²) in [4.78, 5) is 11.4. The average Bonchev–Trinajstić information content (AvgIpc) is 2.85. The first kappa shape index (κ1) is 15.0. The van der Waals surface area contributed by atoms with Gasteiger partial charge >= 0.3 is 5.97 Å². The van der Waals surface area contributed by atoms with Gasteiger partial charge < -0.3 is 5.11 Å². The number of carboxylic acid groups (broad SMARTS) is 1. The fourth-order valence-electron chi connectivity index (χ4n) is 2.69. The monoisotopic (exact) mass is 296 g/mol. The third-order valence-electron chi connectivity index (χ3n) is 3.87. The van der Waals surface area contributed by atoms with E-state index < -0.39 is 21.1 Å². The molecule has 20 heavy (non-hydrogen) atoms. The van der Waals surface area contributed by atoms with Crippen molar-refractivity contribution >= 4 is 15.8 Å². The molecule has 0 heterocycles. The number of unbranched alkanes of at least 4 members (excludes halogenated alkanes) is 1. The van der Waals surface area contributed by atoms with E-state index >= 15 is 0 Å². The Bertz CT molecular complexity index is 604. The molecule has 2 rings (SSSR count). The van der Waals surface area contributed by atoms with E-state index in [0.717, 1.165) is 31.2 Å². The summed E-state index contributed by atoms with van der Waals surface area (Å²) < 4.78 is 25.0. The van der Waals surface area contributed by atoms with E-state index in [9.17, 15) is 18.3 Å². The van der Waals surface area contributed by atoms with Crippen LogP contribution in [-0.4, -0.2) is 24.7 Å². The molecule has 110 valence electrons. The van der Waals surface area contributed by atoms with Crippen LogP contribution in [0.5, 0.6) is 0 Å². The Hall–Kier alpha value is -1.36. The number of fused-ring (bicyclic) bond motifs is 1. The Labute approximate surface area is 119 Å².